The molecule has 8 nitrogen and oxygen atoms in total. The molecule has 3 amide bonds. The van der Waals surface area contributed by atoms with Gasteiger partial charge in [0.1, 0.15) is 12.4 Å². The van der Waals surface area contributed by atoms with Crippen molar-refractivity contribution in [2.45, 2.75) is 30.5 Å². The number of hydrogen-bond donors (Lipinski definition) is 2. The van der Waals surface area contributed by atoms with Gasteiger partial charge in [-0.1, -0.05) is 29.4 Å². The lowest BCUT2D eigenvalue weighted by Crippen LogP contribution is -2.39. The number of allylic oxidation sites excluding steroid dienone is 1. The molecule has 0 aliphatic heterocycles. The maximum atomic E-state index is 11.8. The van der Waals surface area contributed by atoms with Gasteiger partial charge >= 0.3 is 6.03 Å². The Hall–Kier alpha value is -2.52. The number of halogens is 1. The summed E-state index contributed by atoms with van der Waals surface area (Å²) in [5.74, 6) is 0.713. The molecule has 1 heterocycles. The van der Waals surface area contributed by atoms with Gasteiger partial charge in [-0.15, -0.1) is 16.8 Å². The first-order valence-corrected chi connectivity index (χ1v) is 8.84. The molecule has 1 atom stereocenters. The van der Waals surface area contributed by atoms with Crippen molar-refractivity contribution in [1.29, 1.82) is 0 Å². The third-order valence-electron chi connectivity index (χ3n) is 3.18. The summed E-state index contributed by atoms with van der Waals surface area (Å²) in [6.07, 6.45) is 1.69. The van der Waals surface area contributed by atoms with Crippen LogP contribution in [0.25, 0.3) is 0 Å². The summed E-state index contributed by atoms with van der Waals surface area (Å²) in [6.45, 7) is 5.99. The third kappa shape index (κ3) is 5.50. The number of ether oxygens (including phenoxy) is 1. The highest BCUT2D eigenvalue weighted by atomic mass is 35.5. The largest absolute Gasteiger partial charge is 0.486 e. The van der Waals surface area contributed by atoms with Crippen LogP contribution in [-0.4, -0.2) is 32.0 Å². The number of aromatic nitrogens is 3. The molecule has 1 aromatic carbocycles. The number of nitrogens with one attached hydrogen (secondary N) is 1. The summed E-state index contributed by atoms with van der Waals surface area (Å²) < 4.78 is 7.47. The van der Waals surface area contributed by atoms with Crippen molar-refractivity contribution in [3.05, 3.63) is 47.8 Å². The summed E-state index contributed by atoms with van der Waals surface area (Å²) in [6, 6.07) is 6.06. The molecule has 26 heavy (non-hydrogen) atoms. The zero-order valence-corrected chi connectivity index (χ0v) is 15.6. The molecule has 0 aliphatic rings. The van der Waals surface area contributed by atoms with E-state index in [4.69, 9.17) is 22.1 Å². The molecule has 1 aromatic heterocycles. The lowest BCUT2D eigenvalue weighted by molar-refractivity contribution is -0.119. The van der Waals surface area contributed by atoms with Gasteiger partial charge in [0, 0.05) is 11.6 Å². The Labute approximate surface area is 159 Å². The fourth-order valence-electron chi connectivity index (χ4n) is 1.94. The summed E-state index contributed by atoms with van der Waals surface area (Å²) >= 11 is 7.00. The van der Waals surface area contributed by atoms with E-state index in [-0.39, 0.29) is 6.61 Å². The minimum Gasteiger partial charge on any atom is -0.486 e. The van der Waals surface area contributed by atoms with Gasteiger partial charge in [-0.25, -0.2) is 4.79 Å². The van der Waals surface area contributed by atoms with Gasteiger partial charge in [0.15, 0.2) is 11.0 Å². The minimum atomic E-state index is -0.896. The van der Waals surface area contributed by atoms with Crippen LogP contribution in [0.3, 0.4) is 0 Å². The number of carbonyl (C=O) groups excluding carboxylic acids is 2. The first kappa shape index (κ1) is 19.8. The topological polar surface area (TPSA) is 112 Å². The highest BCUT2D eigenvalue weighted by Gasteiger charge is 2.20. The Morgan fingerprint density at radius 3 is 2.73 bits per heavy atom. The van der Waals surface area contributed by atoms with Gasteiger partial charge in [0.25, 0.3) is 0 Å². The zero-order valence-electron chi connectivity index (χ0n) is 14.0. The van der Waals surface area contributed by atoms with Crippen LogP contribution in [0, 0.1) is 0 Å². The molecule has 0 saturated carbocycles. The average Bonchev–Trinajstić information content (AvgIpc) is 2.96. The first-order chi connectivity index (χ1) is 12.4. The van der Waals surface area contributed by atoms with Crippen molar-refractivity contribution < 1.29 is 14.3 Å². The van der Waals surface area contributed by atoms with Crippen molar-refractivity contribution in [3.8, 4) is 5.75 Å². The standard InChI is InChI=1S/C16H18ClN5O3S/c1-3-8-22-13(9-25-12-6-4-11(17)5-7-12)20-21-16(22)26-10(2)14(23)19-15(18)24/h3-7,10H,1,8-9H2,2H3,(H3,18,19,23,24)/t10-/m1/s1. The Kier molecular flexibility index (Phi) is 7.05. The second-order valence-corrected chi connectivity index (χ2v) is 6.90. The summed E-state index contributed by atoms with van der Waals surface area (Å²) in [7, 11) is 0. The van der Waals surface area contributed by atoms with E-state index in [1.165, 1.54) is 0 Å². The molecule has 2 rings (SSSR count). The van der Waals surface area contributed by atoms with Gasteiger partial charge in [-0.05, 0) is 31.2 Å². The Morgan fingerprint density at radius 2 is 2.12 bits per heavy atom. The Morgan fingerprint density at radius 1 is 1.42 bits per heavy atom. The number of nitrogens with zero attached hydrogens (tertiary/aromatic N) is 3. The van der Waals surface area contributed by atoms with Crippen LogP contribution < -0.4 is 15.8 Å². The molecule has 0 saturated heterocycles. The number of nitrogens with two attached hydrogens (primary N) is 1. The van der Waals surface area contributed by atoms with Crippen molar-refractivity contribution in [3.63, 3.8) is 0 Å². The normalized spacial score (nSPS) is 11.6. The van der Waals surface area contributed by atoms with Crippen molar-refractivity contribution in [1.82, 2.24) is 20.1 Å². The van der Waals surface area contributed by atoms with Gasteiger partial charge < -0.3 is 10.5 Å². The summed E-state index contributed by atoms with van der Waals surface area (Å²) in [4.78, 5) is 22.6. The molecule has 10 heteroatoms. The van der Waals surface area contributed by atoms with E-state index in [9.17, 15) is 9.59 Å². The smallest absolute Gasteiger partial charge is 0.318 e. The van der Waals surface area contributed by atoms with Crippen LogP contribution in [0.2, 0.25) is 5.02 Å². The average molecular weight is 396 g/mol. The fraction of sp³-hybridized carbons (Fsp3) is 0.250. The molecular formula is C16H18ClN5O3S. The van der Waals surface area contributed by atoms with Crippen molar-refractivity contribution in [2.75, 3.05) is 0 Å². The fourth-order valence-corrected chi connectivity index (χ4v) is 2.94. The quantitative estimate of drug-likeness (QED) is 0.524. The van der Waals surface area contributed by atoms with E-state index in [2.05, 4.69) is 16.8 Å². The van der Waals surface area contributed by atoms with E-state index in [1.807, 2.05) is 5.32 Å². The molecule has 0 radical (unpaired) electrons. The molecule has 0 bridgehead atoms. The van der Waals surface area contributed by atoms with E-state index in [1.54, 1.807) is 41.8 Å². The van der Waals surface area contributed by atoms with E-state index in [0.717, 1.165) is 11.8 Å². The summed E-state index contributed by atoms with van der Waals surface area (Å²) in [5, 5.41) is 10.8. The molecule has 138 valence electrons. The number of thioether (sulfide) groups is 1. The highest BCUT2D eigenvalue weighted by molar-refractivity contribution is 8.00. The molecule has 0 fully saturated rings. The molecule has 3 N–H and O–H groups in total. The zero-order chi connectivity index (χ0) is 19.1. The number of benzene rings is 1. The van der Waals surface area contributed by atoms with Crippen LogP contribution in [0.15, 0.2) is 42.1 Å². The van der Waals surface area contributed by atoms with Crippen molar-refractivity contribution >= 4 is 35.3 Å². The first-order valence-electron chi connectivity index (χ1n) is 7.59. The van der Waals surface area contributed by atoms with Gasteiger partial charge in [0.2, 0.25) is 5.91 Å². The SMILES string of the molecule is C=CCn1c(COc2ccc(Cl)cc2)nnc1S[C@H](C)C(=O)NC(N)=O. The number of rotatable bonds is 8. The van der Waals surface area contributed by atoms with E-state index in [0.29, 0.717) is 28.3 Å². The second kappa shape index (κ2) is 9.25. The Bertz CT molecular complexity index is 794. The van der Waals surface area contributed by atoms with Crippen LogP contribution in [0.4, 0.5) is 4.79 Å². The van der Waals surface area contributed by atoms with Crippen LogP contribution in [-0.2, 0) is 17.9 Å². The monoisotopic (exact) mass is 395 g/mol. The second-order valence-electron chi connectivity index (χ2n) is 5.15. The van der Waals surface area contributed by atoms with Gasteiger partial charge in [-0.3, -0.25) is 14.7 Å². The van der Waals surface area contributed by atoms with Gasteiger partial charge in [-0.2, -0.15) is 0 Å². The number of carbonyl (C=O) groups is 2. The lowest BCUT2D eigenvalue weighted by atomic mass is 10.3. The molecular weight excluding hydrogens is 378 g/mol. The number of amides is 3. The van der Waals surface area contributed by atoms with E-state index >= 15 is 0 Å². The summed E-state index contributed by atoms with van der Waals surface area (Å²) in [5.41, 5.74) is 4.96. The lowest BCUT2D eigenvalue weighted by Gasteiger charge is -2.12. The number of urea groups is 1. The maximum absolute atomic E-state index is 11.8. The van der Waals surface area contributed by atoms with Crippen molar-refractivity contribution in [2.24, 2.45) is 5.73 Å². The third-order valence-corrected chi connectivity index (χ3v) is 4.52. The number of primary amides is 1. The maximum Gasteiger partial charge on any atom is 0.318 e. The van der Waals surface area contributed by atoms with Crippen LogP contribution >= 0.6 is 23.4 Å². The molecule has 0 aliphatic carbocycles. The number of hydrogen-bond acceptors (Lipinski definition) is 6. The predicted octanol–water partition coefficient (Wildman–Crippen LogP) is 2.37. The Balaban J connectivity index is 2.08. The van der Waals surface area contributed by atoms with Crippen LogP contribution in [0.5, 0.6) is 5.75 Å². The number of imide groups is 1. The molecule has 0 unspecified atom stereocenters. The van der Waals surface area contributed by atoms with E-state index < -0.39 is 17.2 Å². The van der Waals surface area contributed by atoms with Crippen LogP contribution in [0.1, 0.15) is 12.7 Å². The van der Waals surface area contributed by atoms with Gasteiger partial charge in [0.05, 0.1) is 5.25 Å². The molecule has 0 spiro atoms. The minimum absolute atomic E-state index is 0.185. The molecule has 2 aromatic rings. The highest BCUT2D eigenvalue weighted by Crippen LogP contribution is 2.23. The predicted molar refractivity (Wildman–Crippen MR) is 99.0 cm³/mol.